The molecule has 0 saturated heterocycles. The molecule has 2 N–H and O–H groups in total. The molecule has 0 unspecified atom stereocenters. The zero-order valence-electron chi connectivity index (χ0n) is 22.1. The summed E-state index contributed by atoms with van der Waals surface area (Å²) in [6.07, 6.45) is 1.98. The van der Waals surface area contributed by atoms with Crippen LogP contribution in [-0.2, 0) is 11.2 Å². The lowest BCUT2D eigenvalue weighted by Gasteiger charge is -2.24. The first kappa shape index (κ1) is 26.6. The zero-order valence-corrected chi connectivity index (χ0v) is 22.9. The highest BCUT2D eigenvalue weighted by Crippen LogP contribution is 2.35. The average Bonchev–Trinajstić information content (AvgIpc) is 2.98. The number of aromatic nitrogens is 1. The van der Waals surface area contributed by atoms with Crippen LogP contribution in [0.4, 0.5) is 22.7 Å². The van der Waals surface area contributed by atoms with Crippen LogP contribution < -0.4 is 25.0 Å². The van der Waals surface area contributed by atoms with Gasteiger partial charge in [0.1, 0.15) is 0 Å². The third kappa shape index (κ3) is 6.03. The number of amides is 1. The summed E-state index contributed by atoms with van der Waals surface area (Å²) in [7, 11) is 3.21. The molecule has 0 aliphatic heterocycles. The van der Waals surface area contributed by atoms with Crippen molar-refractivity contribution in [3.63, 3.8) is 0 Å². The molecule has 4 aromatic carbocycles. The molecule has 5 aromatic rings. The van der Waals surface area contributed by atoms with E-state index in [-0.39, 0.29) is 12.3 Å². The lowest BCUT2D eigenvalue weighted by Crippen LogP contribution is -2.40. The number of hydrogen-bond acceptors (Lipinski definition) is 6. The van der Waals surface area contributed by atoms with Crippen molar-refractivity contribution in [1.82, 2.24) is 4.98 Å². The van der Waals surface area contributed by atoms with Crippen LogP contribution in [0.3, 0.4) is 0 Å². The molecule has 0 bridgehead atoms. The lowest BCUT2D eigenvalue weighted by atomic mass is 10.1. The minimum atomic E-state index is -0.121. The summed E-state index contributed by atoms with van der Waals surface area (Å²) in [5, 5.41) is 7.87. The second kappa shape index (κ2) is 12.3. The first-order valence-corrected chi connectivity index (χ1v) is 13.1. The number of nitrogens with zero attached hydrogens (tertiary/aromatic N) is 2. The molecule has 200 valence electrons. The summed E-state index contributed by atoms with van der Waals surface area (Å²) < 4.78 is 10.9. The van der Waals surface area contributed by atoms with Crippen molar-refractivity contribution in [2.24, 2.45) is 0 Å². The fraction of sp³-hybridized carbons (Fsp3) is 0.0938. The monoisotopic (exact) mass is 548 g/mol. The SMILES string of the molecule is COc1cc2nccc(Nc3ccc(NC(=S)N(C(=O)Cc4ccccc4)c4ccccc4)cc3)c2cc1OC. The quantitative estimate of drug-likeness (QED) is 0.203. The molecule has 0 aliphatic carbocycles. The number of pyridine rings is 1. The van der Waals surface area contributed by atoms with Gasteiger partial charge < -0.3 is 20.1 Å². The molecule has 40 heavy (non-hydrogen) atoms. The molecule has 7 nitrogen and oxygen atoms in total. The predicted molar refractivity (Wildman–Crippen MR) is 165 cm³/mol. The van der Waals surface area contributed by atoms with Gasteiger partial charge in [-0.3, -0.25) is 14.7 Å². The second-order valence-corrected chi connectivity index (χ2v) is 9.33. The Balaban J connectivity index is 1.33. The normalized spacial score (nSPS) is 10.6. The summed E-state index contributed by atoms with van der Waals surface area (Å²) in [5.74, 6) is 1.13. The molecule has 0 aliphatic rings. The number of methoxy groups -OCH3 is 2. The van der Waals surface area contributed by atoms with E-state index in [1.165, 1.54) is 0 Å². The van der Waals surface area contributed by atoms with Crippen LogP contribution in [0.15, 0.2) is 109 Å². The number of fused-ring (bicyclic) bond motifs is 1. The minimum absolute atomic E-state index is 0.121. The van der Waals surface area contributed by atoms with Crippen molar-refractivity contribution >= 4 is 56.9 Å². The van der Waals surface area contributed by atoms with Crippen LogP contribution in [0.25, 0.3) is 10.9 Å². The Morgan fingerprint density at radius 2 is 1.45 bits per heavy atom. The Bertz CT molecular complexity index is 1630. The highest BCUT2D eigenvalue weighted by Gasteiger charge is 2.21. The van der Waals surface area contributed by atoms with Crippen LogP contribution >= 0.6 is 12.2 Å². The molecule has 5 rings (SSSR count). The van der Waals surface area contributed by atoms with Crippen molar-refractivity contribution < 1.29 is 14.3 Å². The van der Waals surface area contributed by atoms with Gasteiger partial charge in [0.05, 0.1) is 31.8 Å². The molecule has 1 aromatic heterocycles. The third-order valence-electron chi connectivity index (χ3n) is 6.33. The number of para-hydroxylation sites is 1. The largest absolute Gasteiger partial charge is 0.493 e. The number of rotatable bonds is 8. The lowest BCUT2D eigenvalue weighted by molar-refractivity contribution is -0.117. The van der Waals surface area contributed by atoms with Crippen LogP contribution in [-0.4, -0.2) is 30.2 Å². The van der Waals surface area contributed by atoms with Gasteiger partial charge in [0.25, 0.3) is 0 Å². The Morgan fingerprint density at radius 1 is 0.825 bits per heavy atom. The van der Waals surface area contributed by atoms with E-state index in [4.69, 9.17) is 21.7 Å². The number of carbonyl (C=O) groups excluding carboxylic acids is 1. The molecule has 0 fully saturated rings. The maximum Gasteiger partial charge on any atom is 0.237 e. The Morgan fingerprint density at radius 3 is 2.12 bits per heavy atom. The zero-order chi connectivity index (χ0) is 27.9. The molecule has 8 heteroatoms. The maximum absolute atomic E-state index is 13.4. The predicted octanol–water partition coefficient (Wildman–Crippen LogP) is 6.97. The molecule has 0 radical (unpaired) electrons. The summed E-state index contributed by atoms with van der Waals surface area (Å²) in [6, 6.07) is 32.4. The molecular formula is C32H28N4O3S. The first-order chi connectivity index (χ1) is 19.6. The number of hydrogen-bond donors (Lipinski definition) is 2. The van der Waals surface area contributed by atoms with E-state index in [1.807, 2.05) is 103 Å². The first-order valence-electron chi connectivity index (χ1n) is 12.7. The molecular weight excluding hydrogens is 520 g/mol. The fourth-order valence-electron chi connectivity index (χ4n) is 4.35. The van der Waals surface area contributed by atoms with Gasteiger partial charge in [-0.05, 0) is 66.3 Å². The van der Waals surface area contributed by atoms with Crippen molar-refractivity contribution in [3.8, 4) is 11.5 Å². The second-order valence-electron chi connectivity index (χ2n) is 8.94. The molecule has 0 saturated carbocycles. The summed E-state index contributed by atoms with van der Waals surface area (Å²) in [4.78, 5) is 19.4. The topological polar surface area (TPSA) is 75.7 Å². The Kier molecular flexibility index (Phi) is 8.18. The maximum atomic E-state index is 13.4. The summed E-state index contributed by atoms with van der Waals surface area (Å²) in [6.45, 7) is 0. The Hall–Kier alpha value is -4.95. The van der Waals surface area contributed by atoms with Gasteiger partial charge in [-0.2, -0.15) is 0 Å². The van der Waals surface area contributed by atoms with Gasteiger partial charge in [0, 0.05) is 34.7 Å². The van der Waals surface area contributed by atoms with E-state index in [0.717, 1.165) is 33.5 Å². The van der Waals surface area contributed by atoms with Crippen LogP contribution in [0, 0.1) is 0 Å². The third-order valence-corrected chi connectivity index (χ3v) is 6.61. The average molecular weight is 549 g/mol. The summed E-state index contributed by atoms with van der Waals surface area (Å²) >= 11 is 5.72. The Labute approximate surface area is 238 Å². The molecule has 1 heterocycles. The minimum Gasteiger partial charge on any atom is -0.493 e. The molecule has 0 spiro atoms. The van der Waals surface area contributed by atoms with Crippen molar-refractivity contribution in [1.29, 1.82) is 0 Å². The number of ether oxygens (including phenoxy) is 2. The van der Waals surface area contributed by atoms with Gasteiger partial charge >= 0.3 is 0 Å². The van der Waals surface area contributed by atoms with E-state index in [9.17, 15) is 4.79 Å². The highest BCUT2D eigenvalue weighted by molar-refractivity contribution is 7.80. The van der Waals surface area contributed by atoms with Gasteiger partial charge in [0.2, 0.25) is 5.91 Å². The van der Waals surface area contributed by atoms with Crippen molar-refractivity contribution in [3.05, 3.63) is 115 Å². The van der Waals surface area contributed by atoms with Crippen LogP contribution in [0.1, 0.15) is 5.56 Å². The fourth-order valence-corrected chi connectivity index (χ4v) is 4.68. The number of nitrogens with one attached hydrogen (secondary N) is 2. The van der Waals surface area contributed by atoms with Crippen molar-refractivity contribution in [2.75, 3.05) is 29.8 Å². The smallest absolute Gasteiger partial charge is 0.237 e. The number of carbonyl (C=O) groups is 1. The van der Waals surface area contributed by atoms with E-state index in [0.29, 0.717) is 22.3 Å². The van der Waals surface area contributed by atoms with E-state index >= 15 is 0 Å². The van der Waals surface area contributed by atoms with Gasteiger partial charge in [-0.1, -0.05) is 48.5 Å². The summed E-state index contributed by atoms with van der Waals surface area (Å²) in [5.41, 5.74) is 4.92. The van der Waals surface area contributed by atoms with Crippen molar-refractivity contribution in [2.45, 2.75) is 6.42 Å². The van der Waals surface area contributed by atoms with E-state index < -0.39 is 0 Å². The molecule has 1 amide bonds. The number of benzene rings is 4. The highest BCUT2D eigenvalue weighted by atomic mass is 32.1. The molecule has 0 atom stereocenters. The van der Waals surface area contributed by atoms with Crippen LogP contribution in [0.2, 0.25) is 0 Å². The van der Waals surface area contributed by atoms with Gasteiger partial charge in [-0.15, -0.1) is 0 Å². The van der Waals surface area contributed by atoms with E-state index in [2.05, 4.69) is 15.6 Å². The standard InChI is InChI=1S/C32H28N4O3S/c1-38-29-20-26-27(17-18-33-28(26)21-30(29)39-2)34-23-13-15-24(16-14-23)35-32(40)36(25-11-7-4-8-12-25)31(37)19-22-9-5-3-6-10-22/h3-18,20-21H,19H2,1-2H3,(H,33,34)(H,35,40). The van der Waals surface area contributed by atoms with Gasteiger partial charge in [0.15, 0.2) is 16.6 Å². The number of anilines is 4. The van der Waals surface area contributed by atoms with Crippen LogP contribution in [0.5, 0.6) is 11.5 Å². The van der Waals surface area contributed by atoms with Gasteiger partial charge in [-0.25, -0.2) is 0 Å². The number of thiocarbonyl (C=S) groups is 1. The van der Waals surface area contributed by atoms with E-state index in [1.54, 1.807) is 25.3 Å².